The molecular formula is C21H24N2O3. The van der Waals surface area contributed by atoms with Gasteiger partial charge in [0, 0.05) is 7.05 Å². The summed E-state index contributed by atoms with van der Waals surface area (Å²) in [6.45, 7) is 4.93. The lowest BCUT2D eigenvalue weighted by molar-refractivity contribution is -0.132. The highest BCUT2D eigenvalue weighted by Crippen LogP contribution is 2.16. The van der Waals surface area contributed by atoms with Gasteiger partial charge in [0.25, 0.3) is 5.91 Å². The first-order chi connectivity index (χ1) is 12.5. The standard InChI is InChI=1S/C21H24N2O3/c1-16-12-17(2)14-20(13-16)25-11-10-23(3)21(24)15-26-19-6-4-18(5-7-19)8-9-22/h4-7,12-14H,8,10-11,15H2,1-3H3. The fraction of sp³-hybridized carbons (Fsp3) is 0.333. The normalized spacial score (nSPS) is 10.1. The molecule has 1 amide bonds. The van der Waals surface area contributed by atoms with Crippen LogP contribution in [0.4, 0.5) is 0 Å². The predicted octanol–water partition coefficient (Wildman–Crippen LogP) is 3.29. The summed E-state index contributed by atoms with van der Waals surface area (Å²) in [7, 11) is 1.73. The summed E-state index contributed by atoms with van der Waals surface area (Å²) in [4.78, 5) is 13.7. The number of hydrogen-bond acceptors (Lipinski definition) is 4. The molecule has 0 heterocycles. The van der Waals surface area contributed by atoms with Gasteiger partial charge in [0.05, 0.1) is 19.0 Å². The van der Waals surface area contributed by atoms with Gasteiger partial charge in [-0.25, -0.2) is 0 Å². The highest BCUT2D eigenvalue weighted by atomic mass is 16.5. The molecule has 0 N–H and O–H groups in total. The van der Waals surface area contributed by atoms with Crippen molar-refractivity contribution in [2.24, 2.45) is 0 Å². The van der Waals surface area contributed by atoms with Gasteiger partial charge in [0.1, 0.15) is 18.1 Å². The average Bonchev–Trinajstić information content (AvgIpc) is 2.60. The van der Waals surface area contributed by atoms with Crippen LogP contribution in [0.1, 0.15) is 16.7 Å². The van der Waals surface area contributed by atoms with Gasteiger partial charge in [-0.1, -0.05) is 18.2 Å². The molecule has 0 aliphatic carbocycles. The molecule has 0 atom stereocenters. The smallest absolute Gasteiger partial charge is 0.260 e. The molecule has 0 unspecified atom stereocenters. The highest BCUT2D eigenvalue weighted by molar-refractivity contribution is 5.77. The van der Waals surface area contributed by atoms with Gasteiger partial charge in [0.2, 0.25) is 0 Å². The minimum absolute atomic E-state index is 0.0301. The Kier molecular flexibility index (Phi) is 7.04. The Morgan fingerprint density at radius 2 is 1.69 bits per heavy atom. The van der Waals surface area contributed by atoms with Crippen molar-refractivity contribution in [2.45, 2.75) is 20.3 Å². The predicted molar refractivity (Wildman–Crippen MR) is 100 cm³/mol. The van der Waals surface area contributed by atoms with E-state index in [1.54, 1.807) is 24.1 Å². The first kappa shape index (κ1) is 19.3. The SMILES string of the molecule is Cc1cc(C)cc(OCCN(C)C(=O)COc2ccc(CC#N)cc2)c1. The van der Waals surface area contributed by atoms with Gasteiger partial charge in [-0.05, 0) is 54.8 Å². The highest BCUT2D eigenvalue weighted by Gasteiger charge is 2.10. The molecule has 0 bridgehead atoms. The zero-order valence-electron chi connectivity index (χ0n) is 15.5. The molecule has 136 valence electrons. The first-order valence-corrected chi connectivity index (χ1v) is 8.51. The molecule has 0 radical (unpaired) electrons. The van der Waals surface area contributed by atoms with Crippen molar-refractivity contribution in [1.82, 2.24) is 4.90 Å². The third-order valence-corrected chi connectivity index (χ3v) is 3.89. The lowest BCUT2D eigenvalue weighted by Gasteiger charge is -2.18. The molecule has 2 aromatic carbocycles. The monoisotopic (exact) mass is 352 g/mol. The van der Waals surface area contributed by atoms with Crippen molar-refractivity contribution in [1.29, 1.82) is 5.26 Å². The zero-order valence-corrected chi connectivity index (χ0v) is 15.5. The molecular weight excluding hydrogens is 328 g/mol. The quantitative estimate of drug-likeness (QED) is 0.731. The molecule has 0 fully saturated rings. The lowest BCUT2D eigenvalue weighted by Crippen LogP contribution is -2.34. The van der Waals surface area contributed by atoms with E-state index in [9.17, 15) is 4.79 Å². The molecule has 0 saturated heterocycles. The second-order valence-electron chi connectivity index (χ2n) is 6.25. The Hall–Kier alpha value is -3.00. The van der Waals surface area contributed by atoms with Gasteiger partial charge in [-0.15, -0.1) is 0 Å². The van der Waals surface area contributed by atoms with Crippen LogP contribution in [0.25, 0.3) is 0 Å². The van der Waals surface area contributed by atoms with Gasteiger partial charge >= 0.3 is 0 Å². The third kappa shape index (κ3) is 6.14. The largest absolute Gasteiger partial charge is 0.492 e. The molecule has 26 heavy (non-hydrogen) atoms. The van der Waals surface area contributed by atoms with E-state index in [0.717, 1.165) is 22.4 Å². The number of hydrogen-bond donors (Lipinski definition) is 0. The number of nitriles is 1. The van der Waals surface area contributed by atoms with Crippen LogP contribution in [-0.2, 0) is 11.2 Å². The van der Waals surface area contributed by atoms with E-state index >= 15 is 0 Å². The summed E-state index contributed by atoms with van der Waals surface area (Å²) in [5, 5.41) is 8.66. The fourth-order valence-electron chi connectivity index (χ4n) is 2.49. The average molecular weight is 352 g/mol. The Morgan fingerprint density at radius 1 is 1.04 bits per heavy atom. The van der Waals surface area contributed by atoms with E-state index in [1.807, 2.05) is 38.1 Å². The molecule has 5 heteroatoms. The van der Waals surface area contributed by atoms with E-state index in [1.165, 1.54) is 0 Å². The number of ether oxygens (including phenoxy) is 2. The summed E-state index contributed by atoms with van der Waals surface area (Å²) >= 11 is 0. The van der Waals surface area contributed by atoms with Crippen LogP contribution in [-0.4, -0.2) is 37.6 Å². The maximum Gasteiger partial charge on any atom is 0.260 e. The van der Waals surface area contributed by atoms with Crippen LogP contribution in [0, 0.1) is 25.2 Å². The van der Waals surface area contributed by atoms with E-state index in [4.69, 9.17) is 14.7 Å². The van der Waals surface area contributed by atoms with Gasteiger partial charge in [0.15, 0.2) is 6.61 Å². The van der Waals surface area contributed by atoms with Crippen LogP contribution in [0.5, 0.6) is 11.5 Å². The first-order valence-electron chi connectivity index (χ1n) is 8.51. The summed E-state index contributed by atoms with van der Waals surface area (Å²) in [5.41, 5.74) is 3.23. The Bertz CT molecular complexity index is 759. The second kappa shape index (κ2) is 9.47. The number of rotatable bonds is 8. The zero-order chi connectivity index (χ0) is 18.9. The van der Waals surface area contributed by atoms with Crippen molar-refractivity contribution in [3.63, 3.8) is 0 Å². The molecule has 0 saturated carbocycles. The van der Waals surface area contributed by atoms with Crippen LogP contribution in [0.3, 0.4) is 0 Å². The molecule has 2 aromatic rings. The summed E-state index contributed by atoms with van der Waals surface area (Å²) in [6.07, 6.45) is 0.364. The molecule has 0 aliphatic rings. The summed E-state index contributed by atoms with van der Waals surface area (Å²) in [5.74, 6) is 1.31. The fourth-order valence-corrected chi connectivity index (χ4v) is 2.49. The van der Waals surface area contributed by atoms with E-state index in [-0.39, 0.29) is 12.5 Å². The van der Waals surface area contributed by atoms with Gasteiger partial charge in [-0.3, -0.25) is 4.79 Å². The van der Waals surface area contributed by atoms with Crippen molar-refractivity contribution >= 4 is 5.91 Å². The third-order valence-electron chi connectivity index (χ3n) is 3.89. The molecule has 2 rings (SSSR count). The van der Waals surface area contributed by atoms with Gasteiger partial charge < -0.3 is 14.4 Å². The maximum atomic E-state index is 12.1. The number of likely N-dealkylation sites (N-methyl/N-ethyl adjacent to an activating group) is 1. The number of amides is 1. The minimum atomic E-state index is -0.116. The molecule has 0 aromatic heterocycles. The number of carbonyl (C=O) groups excluding carboxylic acids is 1. The summed E-state index contributed by atoms with van der Waals surface area (Å²) < 4.78 is 11.2. The van der Waals surface area contributed by atoms with Crippen LogP contribution in [0.15, 0.2) is 42.5 Å². The number of benzene rings is 2. The minimum Gasteiger partial charge on any atom is -0.492 e. The lowest BCUT2D eigenvalue weighted by atomic mass is 10.1. The van der Waals surface area contributed by atoms with E-state index in [0.29, 0.717) is 25.3 Å². The topological polar surface area (TPSA) is 62.6 Å². The van der Waals surface area contributed by atoms with Crippen molar-refractivity contribution < 1.29 is 14.3 Å². The Balaban J connectivity index is 1.74. The van der Waals surface area contributed by atoms with Crippen molar-refractivity contribution in [3.8, 4) is 17.6 Å². The Morgan fingerprint density at radius 3 is 2.31 bits per heavy atom. The maximum absolute atomic E-state index is 12.1. The van der Waals surface area contributed by atoms with E-state index < -0.39 is 0 Å². The Labute approximate surface area is 154 Å². The van der Waals surface area contributed by atoms with Crippen molar-refractivity contribution in [3.05, 3.63) is 59.2 Å². The number of aryl methyl sites for hydroxylation is 2. The van der Waals surface area contributed by atoms with Crippen molar-refractivity contribution in [2.75, 3.05) is 26.8 Å². The van der Waals surface area contributed by atoms with Gasteiger partial charge in [-0.2, -0.15) is 5.26 Å². The molecule has 0 spiro atoms. The van der Waals surface area contributed by atoms with Crippen LogP contribution < -0.4 is 9.47 Å². The van der Waals surface area contributed by atoms with Crippen LogP contribution in [0.2, 0.25) is 0 Å². The molecule has 0 aliphatic heterocycles. The number of carbonyl (C=O) groups is 1. The number of nitrogens with zero attached hydrogens (tertiary/aromatic N) is 2. The van der Waals surface area contributed by atoms with E-state index in [2.05, 4.69) is 12.1 Å². The van der Waals surface area contributed by atoms with Crippen LogP contribution >= 0.6 is 0 Å². The summed E-state index contributed by atoms with van der Waals surface area (Å²) in [6, 6.07) is 15.3. The second-order valence-corrected chi connectivity index (χ2v) is 6.25. The molecule has 5 nitrogen and oxygen atoms in total.